The zero-order valence-corrected chi connectivity index (χ0v) is 11.0. The first-order valence-corrected chi connectivity index (χ1v) is 6.63. The van der Waals surface area contributed by atoms with Gasteiger partial charge in [-0.2, -0.15) is 0 Å². The van der Waals surface area contributed by atoms with Crippen molar-refractivity contribution in [2.75, 3.05) is 20.1 Å². The van der Waals surface area contributed by atoms with E-state index in [0.29, 0.717) is 32.2 Å². The Morgan fingerprint density at radius 1 is 1.22 bits per heavy atom. The Labute approximate surface area is 108 Å². The van der Waals surface area contributed by atoms with Crippen LogP contribution in [-0.2, 0) is 14.4 Å². The van der Waals surface area contributed by atoms with Crippen LogP contribution >= 0.6 is 0 Å². The second kappa shape index (κ2) is 7.84. The molecule has 0 aliphatic carbocycles. The summed E-state index contributed by atoms with van der Waals surface area (Å²) < 4.78 is 0. The van der Waals surface area contributed by atoms with Crippen molar-refractivity contribution in [3.8, 4) is 0 Å². The zero-order valence-electron chi connectivity index (χ0n) is 11.0. The van der Waals surface area contributed by atoms with Crippen LogP contribution in [0.3, 0.4) is 0 Å². The van der Waals surface area contributed by atoms with Crippen LogP contribution in [0.25, 0.3) is 0 Å². The molecule has 0 unspecified atom stereocenters. The Bertz CT molecular complexity index is 315. The molecule has 0 atom stereocenters. The third-order valence-electron chi connectivity index (χ3n) is 3.18. The Morgan fingerprint density at radius 2 is 1.94 bits per heavy atom. The molecule has 0 saturated carbocycles. The Balaban J connectivity index is 2.13. The van der Waals surface area contributed by atoms with E-state index in [1.165, 1.54) is 0 Å². The fourth-order valence-corrected chi connectivity index (χ4v) is 2.05. The van der Waals surface area contributed by atoms with Crippen LogP contribution in [0.2, 0.25) is 0 Å². The van der Waals surface area contributed by atoms with E-state index in [1.807, 2.05) is 0 Å². The molecule has 1 N–H and O–H groups in total. The molecule has 1 saturated heterocycles. The summed E-state index contributed by atoms with van der Waals surface area (Å²) in [6.45, 7) is 0.960. The van der Waals surface area contributed by atoms with Gasteiger partial charge in [0.25, 0.3) is 0 Å². The standard InChI is InChI=1S/C13H22N2O3/c1-14-12(17)7-3-2-6-11(16)10-15-9-5-4-8-13(15)18/h2-10H2,1H3,(H,14,17). The van der Waals surface area contributed by atoms with Crippen LogP contribution in [0.5, 0.6) is 0 Å². The predicted octanol–water partition coefficient (Wildman–Crippen LogP) is 0.874. The lowest BCUT2D eigenvalue weighted by molar-refractivity contribution is -0.137. The molecule has 1 aliphatic heterocycles. The summed E-state index contributed by atoms with van der Waals surface area (Å²) >= 11 is 0. The highest BCUT2D eigenvalue weighted by molar-refractivity contribution is 5.86. The van der Waals surface area contributed by atoms with E-state index in [-0.39, 0.29) is 24.1 Å². The normalized spacial score (nSPS) is 15.6. The highest BCUT2D eigenvalue weighted by atomic mass is 16.2. The first-order chi connectivity index (χ1) is 8.63. The summed E-state index contributed by atoms with van der Waals surface area (Å²) in [7, 11) is 1.61. The first-order valence-electron chi connectivity index (χ1n) is 6.63. The molecule has 0 spiro atoms. The average Bonchev–Trinajstić information content (AvgIpc) is 2.37. The molecule has 0 aromatic rings. The van der Waals surface area contributed by atoms with Crippen LogP contribution in [-0.4, -0.2) is 42.6 Å². The number of hydrogen-bond acceptors (Lipinski definition) is 3. The lowest BCUT2D eigenvalue weighted by atomic mass is 10.1. The smallest absolute Gasteiger partial charge is 0.222 e. The fourth-order valence-electron chi connectivity index (χ4n) is 2.05. The van der Waals surface area contributed by atoms with Crippen LogP contribution < -0.4 is 5.32 Å². The third-order valence-corrected chi connectivity index (χ3v) is 3.18. The molecule has 5 nitrogen and oxygen atoms in total. The number of nitrogens with zero attached hydrogens (tertiary/aromatic N) is 1. The first kappa shape index (κ1) is 14.7. The van der Waals surface area contributed by atoms with Crippen molar-refractivity contribution >= 4 is 17.6 Å². The second-order valence-electron chi connectivity index (χ2n) is 4.69. The van der Waals surface area contributed by atoms with Gasteiger partial charge in [-0.15, -0.1) is 0 Å². The number of nitrogens with one attached hydrogen (secondary N) is 1. The molecule has 1 heterocycles. The van der Waals surface area contributed by atoms with Crippen molar-refractivity contribution in [1.82, 2.24) is 10.2 Å². The van der Waals surface area contributed by atoms with Gasteiger partial charge in [-0.1, -0.05) is 0 Å². The SMILES string of the molecule is CNC(=O)CCCCC(=O)CN1CCCCC1=O. The maximum atomic E-state index is 11.7. The summed E-state index contributed by atoms with van der Waals surface area (Å²) in [5.41, 5.74) is 0. The van der Waals surface area contributed by atoms with Gasteiger partial charge in [-0.3, -0.25) is 14.4 Å². The largest absolute Gasteiger partial charge is 0.359 e. The van der Waals surface area contributed by atoms with Crippen LogP contribution in [0, 0.1) is 0 Å². The number of carbonyl (C=O) groups is 3. The number of likely N-dealkylation sites (tertiary alicyclic amines) is 1. The number of piperidine rings is 1. The number of ketones is 1. The summed E-state index contributed by atoms with van der Waals surface area (Å²) in [5, 5.41) is 2.55. The Morgan fingerprint density at radius 3 is 2.61 bits per heavy atom. The number of rotatable bonds is 7. The summed E-state index contributed by atoms with van der Waals surface area (Å²) in [5.74, 6) is 0.204. The van der Waals surface area contributed by atoms with Gasteiger partial charge in [0.2, 0.25) is 11.8 Å². The predicted molar refractivity (Wildman–Crippen MR) is 68.0 cm³/mol. The van der Waals surface area contributed by atoms with E-state index in [9.17, 15) is 14.4 Å². The molecule has 0 aromatic carbocycles. The van der Waals surface area contributed by atoms with Crippen molar-refractivity contribution in [2.24, 2.45) is 0 Å². The van der Waals surface area contributed by atoms with Gasteiger partial charge in [-0.05, 0) is 25.7 Å². The van der Waals surface area contributed by atoms with Gasteiger partial charge in [0.15, 0.2) is 5.78 Å². The fraction of sp³-hybridized carbons (Fsp3) is 0.769. The maximum Gasteiger partial charge on any atom is 0.222 e. The molecule has 0 radical (unpaired) electrons. The molecule has 1 fully saturated rings. The number of Topliss-reactive ketones (excluding diaryl/α,β-unsaturated/α-hetero) is 1. The third kappa shape index (κ3) is 5.29. The van der Waals surface area contributed by atoms with E-state index < -0.39 is 0 Å². The number of hydrogen-bond donors (Lipinski definition) is 1. The molecule has 2 amide bonds. The molecule has 5 heteroatoms. The number of unbranched alkanes of at least 4 members (excludes halogenated alkanes) is 1. The molecule has 102 valence electrons. The van der Waals surface area contributed by atoms with E-state index in [1.54, 1.807) is 11.9 Å². The molecular formula is C13H22N2O3. The van der Waals surface area contributed by atoms with Gasteiger partial charge < -0.3 is 10.2 Å². The second-order valence-corrected chi connectivity index (χ2v) is 4.69. The van der Waals surface area contributed by atoms with Crippen LogP contribution in [0.4, 0.5) is 0 Å². The Kier molecular flexibility index (Phi) is 6.39. The van der Waals surface area contributed by atoms with Crippen molar-refractivity contribution in [3.63, 3.8) is 0 Å². The lowest BCUT2D eigenvalue weighted by Gasteiger charge is -2.25. The van der Waals surface area contributed by atoms with Crippen molar-refractivity contribution in [1.29, 1.82) is 0 Å². The van der Waals surface area contributed by atoms with Gasteiger partial charge in [0, 0.05) is 32.9 Å². The van der Waals surface area contributed by atoms with Crippen LogP contribution in [0.15, 0.2) is 0 Å². The molecule has 18 heavy (non-hydrogen) atoms. The van der Waals surface area contributed by atoms with Crippen molar-refractivity contribution in [3.05, 3.63) is 0 Å². The summed E-state index contributed by atoms with van der Waals surface area (Å²) in [4.78, 5) is 35.8. The van der Waals surface area contributed by atoms with E-state index in [2.05, 4.69) is 5.32 Å². The van der Waals surface area contributed by atoms with Gasteiger partial charge in [-0.25, -0.2) is 0 Å². The quantitative estimate of drug-likeness (QED) is 0.686. The van der Waals surface area contributed by atoms with Gasteiger partial charge >= 0.3 is 0 Å². The van der Waals surface area contributed by atoms with Crippen LogP contribution in [0.1, 0.15) is 44.9 Å². The number of amides is 2. The van der Waals surface area contributed by atoms with E-state index in [4.69, 9.17) is 0 Å². The highest BCUT2D eigenvalue weighted by Gasteiger charge is 2.19. The van der Waals surface area contributed by atoms with E-state index in [0.717, 1.165) is 19.3 Å². The topological polar surface area (TPSA) is 66.5 Å². The van der Waals surface area contributed by atoms with Gasteiger partial charge in [0.1, 0.15) is 0 Å². The lowest BCUT2D eigenvalue weighted by Crippen LogP contribution is -2.38. The summed E-state index contributed by atoms with van der Waals surface area (Å²) in [6.07, 6.45) is 4.87. The van der Waals surface area contributed by atoms with Crippen molar-refractivity contribution < 1.29 is 14.4 Å². The minimum Gasteiger partial charge on any atom is -0.359 e. The van der Waals surface area contributed by atoms with Crippen molar-refractivity contribution in [2.45, 2.75) is 44.9 Å². The summed E-state index contributed by atoms with van der Waals surface area (Å²) in [6, 6.07) is 0. The minimum atomic E-state index is 0.00802. The Hall–Kier alpha value is -1.39. The zero-order chi connectivity index (χ0) is 13.4. The maximum absolute atomic E-state index is 11.7. The number of carbonyl (C=O) groups excluding carboxylic acids is 3. The molecular weight excluding hydrogens is 232 g/mol. The van der Waals surface area contributed by atoms with Gasteiger partial charge in [0.05, 0.1) is 6.54 Å². The monoisotopic (exact) mass is 254 g/mol. The minimum absolute atomic E-state index is 0.00802. The molecule has 0 bridgehead atoms. The molecule has 1 rings (SSSR count). The average molecular weight is 254 g/mol. The van der Waals surface area contributed by atoms with E-state index >= 15 is 0 Å². The molecule has 1 aliphatic rings. The highest BCUT2D eigenvalue weighted by Crippen LogP contribution is 2.11. The molecule has 0 aromatic heterocycles.